The summed E-state index contributed by atoms with van der Waals surface area (Å²) in [6.45, 7) is 3.74. The fourth-order valence-electron chi connectivity index (χ4n) is 4.03. The Morgan fingerprint density at radius 3 is 2.27 bits per heavy atom. The molecule has 1 aliphatic rings. The van der Waals surface area contributed by atoms with Crippen LogP contribution in [0.3, 0.4) is 0 Å². The topological polar surface area (TPSA) is 57.7 Å². The van der Waals surface area contributed by atoms with Crippen molar-refractivity contribution in [3.8, 4) is 0 Å². The van der Waals surface area contributed by atoms with Crippen molar-refractivity contribution in [2.45, 2.75) is 37.8 Å². The smallest absolute Gasteiger partial charge is 0.264 e. The zero-order valence-electron chi connectivity index (χ0n) is 17.0. The summed E-state index contributed by atoms with van der Waals surface area (Å²) in [4.78, 5) is 14.0. The summed E-state index contributed by atoms with van der Waals surface area (Å²) in [5.41, 5.74) is 3.19. The number of sulfonamides is 1. The highest BCUT2D eigenvalue weighted by atomic mass is 32.2. The third kappa shape index (κ3) is 3.71. The lowest BCUT2D eigenvalue weighted by Gasteiger charge is -2.25. The van der Waals surface area contributed by atoms with Crippen LogP contribution >= 0.6 is 0 Å². The molecule has 0 fully saturated rings. The Kier molecular flexibility index (Phi) is 5.35. The standard InChI is InChI=1S/C24H24N2O3S/c1-18-15-21-16-23(13-14-24(21)26(18)19(2)27)30(28,29)25(22-11-7-4-8-12-22)17-20-9-5-3-6-10-20/h3-14,16,18H,15,17H2,1-2H3. The van der Waals surface area contributed by atoms with E-state index in [1.54, 1.807) is 35.2 Å². The number of para-hydroxylation sites is 1. The number of hydrogen-bond donors (Lipinski definition) is 0. The van der Waals surface area contributed by atoms with Crippen LogP contribution in [0.5, 0.6) is 0 Å². The monoisotopic (exact) mass is 420 g/mol. The number of nitrogens with zero attached hydrogens (tertiary/aromatic N) is 2. The van der Waals surface area contributed by atoms with E-state index in [-0.39, 0.29) is 23.4 Å². The molecule has 3 aromatic rings. The molecule has 0 saturated heterocycles. The van der Waals surface area contributed by atoms with Crippen molar-refractivity contribution in [3.63, 3.8) is 0 Å². The van der Waals surface area contributed by atoms with Crippen LogP contribution in [-0.2, 0) is 27.8 Å². The predicted molar refractivity (Wildman–Crippen MR) is 119 cm³/mol. The average molecular weight is 421 g/mol. The van der Waals surface area contributed by atoms with Crippen molar-refractivity contribution in [1.82, 2.24) is 0 Å². The van der Waals surface area contributed by atoms with Gasteiger partial charge in [0.25, 0.3) is 10.0 Å². The van der Waals surface area contributed by atoms with Crippen LogP contribution in [0.25, 0.3) is 0 Å². The van der Waals surface area contributed by atoms with E-state index in [1.165, 1.54) is 11.2 Å². The maximum atomic E-state index is 13.7. The third-order valence-electron chi connectivity index (χ3n) is 5.41. The molecule has 154 valence electrons. The molecule has 0 aromatic heterocycles. The fourth-order valence-corrected chi connectivity index (χ4v) is 5.54. The fraction of sp³-hybridized carbons (Fsp3) is 0.208. The summed E-state index contributed by atoms with van der Waals surface area (Å²) in [5, 5.41) is 0. The van der Waals surface area contributed by atoms with Crippen molar-refractivity contribution >= 4 is 27.3 Å². The van der Waals surface area contributed by atoms with Gasteiger partial charge in [0, 0.05) is 18.7 Å². The van der Waals surface area contributed by atoms with Gasteiger partial charge in [-0.15, -0.1) is 0 Å². The van der Waals surface area contributed by atoms with Gasteiger partial charge < -0.3 is 4.90 Å². The van der Waals surface area contributed by atoms with Crippen LogP contribution in [0.1, 0.15) is 25.0 Å². The number of benzene rings is 3. The molecule has 0 bridgehead atoms. The van der Waals surface area contributed by atoms with Gasteiger partial charge in [-0.2, -0.15) is 0 Å². The van der Waals surface area contributed by atoms with Gasteiger partial charge >= 0.3 is 0 Å². The molecule has 1 heterocycles. The van der Waals surface area contributed by atoms with Crippen LogP contribution in [0.4, 0.5) is 11.4 Å². The Morgan fingerprint density at radius 2 is 1.63 bits per heavy atom. The second kappa shape index (κ2) is 7.95. The highest BCUT2D eigenvalue weighted by Gasteiger charge is 2.32. The molecule has 0 aliphatic carbocycles. The van der Waals surface area contributed by atoms with E-state index in [0.29, 0.717) is 12.1 Å². The Balaban J connectivity index is 1.76. The molecule has 1 atom stereocenters. The normalized spacial score (nSPS) is 15.7. The molecule has 6 heteroatoms. The van der Waals surface area contributed by atoms with Gasteiger partial charge in [-0.25, -0.2) is 8.42 Å². The van der Waals surface area contributed by atoms with Gasteiger partial charge in [0.1, 0.15) is 0 Å². The molecule has 0 spiro atoms. The number of rotatable bonds is 5. The Hall–Kier alpha value is -3.12. The van der Waals surface area contributed by atoms with Gasteiger partial charge in [0.05, 0.1) is 17.1 Å². The van der Waals surface area contributed by atoms with Crippen LogP contribution in [0.2, 0.25) is 0 Å². The maximum absolute atomic E-state index is 13.7. The second-order valence-electron chi connectivity index (χ2n) is 7.57. The molecule has 1 unspecified atom stereocenters. The van der Waals surface area contributed by atoms with Crippen LogP contribution in [0.15, 0.2) is 83.8 Å². The van der Waals surface area contributed by atoms with Crippen molar-refractivity contribution in [3.05, 3.63) is 90.0 Å². The first-order chi connectivity index (χ1) is 14.4. The largest absolute Gasteiger partial charge is 0.309 e. The van der Waals surface area contributed by atoms with E-state index in [9.17, 15) is 13.2 Å². The molecule has 1 aliphatic heterocycles. The number of carbonyl (C=O) groups excluding carboxylic acids is 1. The summed E-state index contributed by atoms with van der Waals surface area (Å²) >= 11 is 0. The van der Waals surface area contributed by atoms with Crippen molar-refractivity contribution < 1.29 is 13.2 Å². The Labute approximate surface area is 177 Å². The molecule has 30 heavy (non-hydrogen) atoms. The van der Waals surface area contributed by atoms with Crippen molar-refractivity contribution in [1.29, 1.82) is 0 Å². The molecule has 3 aromatic carbocycles. The minimum atomic E-state index is -3.80. The number of amides is 1. The number of carbonyl (C=O) groups is 1. The molecule has 4 rings (SSSR count). The average Bonchev–Trinajstić information content (AvgIpc) is 3.08. The highest BCUT2D eigenvalue weighted by molar-refractivity contribution is 7.92. The van der Waals surface area contributed by atoms with E-state index in [0.717, 1.165) is 16.8 Å². The Bertz CT molecular complexity index is 1160. The van der Waals surface area contributed by atoms with Gasteiger partial charge in [0.15, 0.2) is 0 Å². The van der Waals surface area contributed by atoms with Crippen LogP contribution < -0.4 is 9.21 Å². The predicted octanol–water partition coefficient (Wildman–Crippen LogP) is 4.38. The lowest BCUT2D eigenvalue weighted by atomic mass is 10.1. The number of hydrogen-bond acceptors (Lipinski definition) is 3. The highest BCUT2D eigenvalue weighted by Crippen LogP contribution is 2.35. The lowest BCUT2D eigenvalue weighted by molar-refractivity contribution is -0.116. The number of fused-ring (bicyclic) bond motifs is 1. The minimum absolute atomic E-state index is 0.0185. The summed E-state index contributed by atoms with van der Waals surface area (Å²) < 4.78 is 28.8. The first-order valence-electron chi connectivity index (χ1n) is 9.92. The quantitative estimate of drug-likeness (QED) is 0.616. The van der Waals surface area contributed by atoms with Crippen LogP contribution in [0, 0.1) is 0 Å². The molecule has 5 nitrogen and oxygen atoms in total. The summed E-state index contributed by atoms with van der Waals surface area (Å²) in [6.07, 6.45) is 0.641. The Morgan fingerprint density at radius 1 is 1.00 bits per heavy atom. The molecule has 0 saturated carbocycles. The van der Waals surface area contributed by atoms with E-state index in [4.69, 9.17) is 0 Å². The lowest BCUT2D eigenvalue weighted by Crippen LogP contribution is -2.33. The van der Waals surface area contributed by atoms with Crippen LogP contribution in [-0.4, -0.2) is 20.4 Å². The van der Waals surface area contributed by atoms with Crippen molar-refractivity contribution in [2.75, 3.05) is 9.21 Å². The molecule has 0 radical (unpaired) electrons. The molecule has 1 amide bonds. The summed E-state index contributed by atoms with van der Waals surface area (Å²) in [6, 6.07) is 23.8. The van der Waals surface area contributed by atoms with E-state index < -0.39 is 10.0 Å². The van der Waals surface area contributed by atoms with E-state index in [2.05, 4.69) is 0 Å². The zero-order valence-corrected chi connectivity index (χ0v) is 17.8. The molecular weight excluding hydrogens is 396 g/mol. The maximum Gasteiger partial charge on any atom is 0.264 e. The number of anilines is 2. The molecular formula is C24H24N2O3S. The van der Waals surface area contributed by atoms with Gasteiger partial charge in [-0.1, -0.05) is 48.5 Å². The van der Waals surface area contributed by atoms with E-state index in [1.807, 2.05) is 55.5 Å². The summed E-state index contributed by atoms with van der Waals surface area (Å²) in [5.74, 6) is -0.0353. The summed E-state index contributed by atoms with van der Waals surface area (Å²) in [7, 11) is -3.80. The molecule has 0 N–H and O–H groups in total. The minimum Gasteiger partial charge on any atom is -0.309 e. The zero-order chi connectivity index (χ0) is 21.3. The van der Waals surface area contributed by atoms with Gasteiger partial charge in [-0.05, 0) is 54.8 Å². The van der Waals surface area contributed by atoms with Crippen molar-refractivity contribution in [2.24, 2.45) is 0 Å². The second-order valence-corrected chi connectivity index (χ2v) is 9.43. The first kappa shape index (κ1) is 20.2. The van der Waals surface area contributed by atoms with E-state index >= 15 is 0 Å². The van der Waals surface area contributed by atoms with Gasteiger partial charge in [-0.3, -0.25) is 9.10 Å². The third-order valence-corrected chi connectivity index (χ3v) is 7.18. The van der Waals surface area contributed by atoms with Gasteiger partial charge in [0.2, 0.25) is 5.91 Å². The SMILES string of the molecule is CC(=O)N1c2ccc(S(=O)(=O)N(Cc3ccccc3)c3ccccc3)cc2CC1C. The first-order valence-corrected chi connectivity index (χ1v) is 11.4.